The van der Waals surface area contributed by atoms with Crippen molar-refractivity contribution in [3.8, 4) is 0 Å². The van der Waals surface area contributed by atoms with Crippen molar-refractivity contribution < 1.29 is 14.5 Å². The fourth-order valence-corrected chi connectivity index (χ4v) is 1.46. The lowest BCUT2D eigenvalue weighted by molar-refractivity contribution is -0.383. The monoisotopic (exact) mass is 253 g/mol. The summed E-state index contributed by atoms with van der Waals surface area (Å²) >= 11 is 0. The van der Waals surface area contributed by atoms with Gasteiger partial charge in [-0.1, -0.05) is 6.07 Å². The van der Waals surface area contributed by atoms with Gasteiger partial charge >= 0.3 is 11.7 Å². The number of benzene rings is 1. The lowest BCUT2D eigenvalue weighted by atomic mass is 10.2. The van der Waals surface area contributed by atoms with E-state index in [9.17, 15) is 14.9 Å². The number of carbonyl (C=O) groups is 1. The summed E-state index contributed by atoms with van der Waals surface area (Å²) in [5.41, 5.74) is 0.568. The van der Waals surface area contributed by atoms with Gasteiger partial charge in [0.1, 0.15) is 17.9 Å². The van der Waals surface area contributed by atoms with Crippen LogP contribution in [0.5, 0.6) is 0 Å². The number of esters is 1. The van der Waals surface area contributed by atoms with Crippen molar-refractivity contribution in [3.05, 3.63) is 28.3 Å². The number of para-hydroxylation sites is 1. The minimum absolute atomic E-state index is 0.0932. The Morgan fingerprint density at radius 2 is 2.11 bits per heavy atom. The van der Waals surface area contributed by atoms with E-state index in [-0.39, 0.29) is 24.5 Å². The zero-order valence-corrected chi connectivity index (χ0v) is 10.2. The van der Waals surface area contributed by atoms with Crippen molar-refractivity contribution in [1.82, 2.24) is 0 Å². The van der Waals surface area contributed by atoms with E-state index in [4.69, 9.17) is 4.74 Å². The van der Waals surface area contributed by atoms with Crippen LogP contribution in [0.15, 0.2) is 18.2 Å². The average molecular weight is 253 g/mol. The molecule has 0 unspecified atom stereocenters. The van der Waals surface area contributed by atoms with E-state index in [0.29, 0.717) is 5.69 Å². The summed E-state index contributed by atoms with van der Waals surface area (Å²) < 4.78 is 4.73. The molecule has 7 nitrogen and oxygen atoms in total. The third kappa shape index (κ3) is 3.34. The second-order valence-electron chi connectivity index (χ2n) is 3.37. The van der Waals surface area contributed by atoms with Crippen molar-refractivity contribution in [2.45, 2.75) is 6.92 Å². The summed E-state index contributed by atoms with van der Waals surface area (Å²) in [6.45, 7) is 1.86. The van der Waals surface area contributed by atoms with Crippen LogP contribution in [0.1, 0.15) is 6.92 Å². The first kappa shape index (κ1) is 13.8. The molecule has 2 N–H and O–H groups in total. The summed E-state index contributed by atoms with van der Waals surface area (Å²) in [4.78, 5) is 21.7. The van der Waals surface area contributed by atoms with Gasteiger partial charge in [0.2, 0.25) is 0 Å². The number of nitrogens with zero attached hydrogens (tertiary/aromatic N) is 1. The largest absolute Gasteiger partial charge is 0.465 e. The maximum Gasteiger partial charge on any atom is 0.325 e. The summed E-state index contributed by atoms with van der Waals surface area (Å²) in [5.74, 6) is -0.457. The number of rotatable bonds is 6. The van der Waals surface area contributed by atoms with E-state index < -0.39 is 10.9 Å². The lowest BCUT2D eigenvalue weighted by Crippen LogP contribution is -2.17. The summed E-state index contributed by atoms with van der Waals surface area (Å²) in [7, 11) is 1.59. The Morgan fingerprint density at radius 1 is 1.44 bits per heavy atom. The normalized spacial score (nSPS) is 9.67. The van der Waals surface area contributed by atoms with Crippen LogP contribution in [-0.4, -0.2) is 31.1 Å². The molecule has 0 aliphatic carbocycles. The van der Waals surface area contributed by atoms with Crippen LogP contribution in [0, 0.1) is 10.1 Å². The Morgan fingerprint density at radius 3 is 2.67 bits per heavy atom. The first-order valence-corrected chi connectivity index (χ1v) is 5.44. The Hall–Kier alpha value is -2.31. The molecule has 0 amide bonds. The highest BCUT2D eigenvalue weighted by Gasteiger charge is 2.19. The Labute approximate surface area is 104 Å². The Bertz CT molecular complexity index is 448. The van der Waals surface area contributed by atoms with Gasteiger partial charge in [-0.05, 0) is 19.1 Å². The van der Waals surface area contributed by atoms with Crippen LogP contribution in [0.25, 0.3) is 0 Å². The maximum atomic E-state index is 11.2. The maximum absolute atomic E-state index is 11.2. The topological polar surface area (TPSA) is 93.5 Å². The number of anilines is 2. The van der Waals surface area contributed by atoms with Gasteiger partial charge in [0.25, 0.3) is 0 Å². The molecule has 18 heavy (non-hydrogen) atoms. The van der Waals surface area contributed by atoms with E-state index in [1.54, 1.807) is 26.1 Å². The van der Waals surface area contributed by atoms with Crippen molar-refractivity contribution in [2.75, 3.05) is 30.8 Å². The van der Waals surface area contributed by atoms with Crippen LogP contribution in [0.4, 0.5) is 17.1 Å². The molecule has 0 atom stereocenters. The van der Waals surface area contributed by atoms with Gasteiger partial charge < -0.3 is 15.4 Å². The summed E-state index contributed by atoms with van der Waals surface area (Å²) in [6, 6.07) is 4.79. The first-order chi connectivity index (χ1) is 8.60. The van der Waals surface area contributed by atoms with Crippen LogP contribution in [-0.2, 0) is 9.53 Å². The second kappa shape index (κ2) is 6.43. The zero-order chi connectivity index (χ0) is 13.5. The molecule has 0 bridgehead atoms. The number of hydrogen-bond donors (Lipinski definition) is 2. The van der Waals surface area contributed by atoms with Crippen LogP contribution < -0.4 is 10.6 Å². The number of nitro benzene ring substituents is 1. The predicted molar refractivity (Wildman–Crippen MR) is 67.8 cm³/mol. The summed E-state index contributed by atoms with van der Waals surface area (Å²) in [5, 5.41) is 16.4. The molecule has 0 heterocycles. The molecule has 1 rings (SSSR count). The molecule has 0 aliphatic rings. The van der Waals surface area contributed by atoms with Gasteiger partial charge in [-0.2, -0.15) is 0 Å². The number of nitro groups is 1. The Balaban J connectivity index is 2.88. The number of nitrogens with one attached hydrogen (secondary N) is 2. The fraction of sp³-hybridized carbons (Fsp3) is 0.364. The third-order valence-corrected chi connectivity index (χ3v) is 2.22. The number of carbonyl (C=O) groups excluding carboxylic acids is 1. The van der Waals surface area contributed by atoms with Crippen LogP contribution >= 0.6 is 0 Å². The van der Waals surface area contributed by atoms with Gasteiger partial charge in [0.05, 0.1) is 11.5 Å². The quantitative estimate of drug-likeness (QED) is 0.454. The Kier molecular flexibility index (Phi) is 4.91. The second-order valence-corrected chi connectivity index (χ2v) is 3.37. The van der Waals surface area contributed by atoms with Crippen molar-refractivity contribution in [1.29, 1.82) is 0 Å². The highest BCUT2D eigenvalue weighted by atomic mass is 16.6. The molecule has 0 radical (unpaired) electrons. The molecule has 0 saturated carbocycles. The van der Waals surface area contributed by atoms with Gasteiger partial charge in [0.15, 0.2) is 0 Å². The minimum atomic E-state index is -0.501. The lowest BCUT2D eigenvalue weighted by Gasteiger charge is -2.09. The first-order valence-electron chi connectivity index (χ1n) is 5.44. The zero-order valence-electron chi connectivity index (χ0n) is 10.2. The van der Waals surface area contributed by atoms with Gasteiger partial charge in [-0.25, -0.2) is 0 Å². The van der Waals surface area contributed by atoms with E-state index >= 15 is 0 Å². The van der Waals surface area contributed by atoms with Gasteiger partial charge in [0, 0.05) is 7.05 Å². The van der Waals surface area contributed by atoms with Gasteiger partial charge in [-0.3, -0.25) is 14.9 Å². The molecule has 0 fully saturated rings. The third-order valence-electron chi connectivity index (χ3n) is 2.22. The average Bonchev–Trinajstić information content (AvgIpc) is 2.35. The molecule has 0 spiro atoms. The fourth-order valence-electron chi connectivity index (χ4n) is 1.46. The highest BCUT2D eigenvalue weighted by Crippen LogP contribution is 2.32. The predicted octanol–water partition coefficient (Wildman–Crippen LogP) is 1.61. The summed E-state index contributed by atoms with van der Waals surface area (Å²) in [6.07, 6.45) is 0. The molecular weight excluding hydrogens is 238 g/mol. The van der Waals surface area contributed by atoms with Crippen molar-refractivity contribution in [2.24, 2.45) is 0 Å². The SMILES string of the molecule is CCOC(=O)CNc1cccc(NC)c1[N+](=O)[O-]. The number of ether oxygens (including phenoxy) is 1. The minimum Gasteiger partial charge on any atom is -0.465 e. The number of hydrogen-bond acceptors (Lipinski definition) is 6. The van der Waals surface area contributed by atoms with Crippen molar-refractivity contribution >= 4 is 23.0 Å². The molecule has 0 aromatic heterocycles. The molecule has 98 valence electrons. The smallest absolute Gasteiger partial charge is 0.325 e. The molecule has 7 heteroatoms. The van der Waals surface area contributed by atoms with E-state index in [0.717, 1.165) is 0 Å². The standard InChI is InChI=1S/C11H15N3O4/c1-3-18-10(15)7-13-9-6-4-5-8(12-2)11(9)14(16)17/h4-6,12-13H,3,7H2,1-2H3. The van der Waals surface area contributed by atoms with E-state index in [1.807, 2.05) is 0 Å². The molecular formula is C11H15N3O4. The van der Waals surface area contributed by atoms with Gasteiger partial charge in [-0.15, -0.1) is 0 Å². The van der Waals surface area contributed by atoms with E-state index in [1.165, 1.54) is 6.07 Å². The molecule has 1 aromatic rings. The molecule has 1 aromatic carbocycles. The van der Waals surface area contributed by atoms with Crippen molar-refractivity contribution in [3.63, 3.8) is 0 Å². The molecule has 0 saturated heterocycles. The highest BCUT2D eigenvalue weighted by molar-refractivity contribution is 5.80. The van der Waals surface area contributed by atoms with Crippen LogP contribution in [0.3, 0.4) is 0 Å². The molecule has 0 aliphatic heterocycles. The van der Waals surface area contributed by atoms with E-state index in [2.05, 4.69) is 10.6 Å². The van der Waals surface area contributed by atoms with Crippen LogP contribution in [0.2, 0.25) is 0 Å².